The van der Waals surface area contributed by atoms with Gasteiger partial charge in [-0.2, -0.15) is 0 Å². The average molecular weight is 465 g/mol. The summed E-state index contributed by atoms with van der Waals surface area (Å²) in [5.74, 6) is 1.76. The molecule has 0 saturated carbocycles. The van der Waals surface area contributed by atoms with E-state index in [0.717, 1.165) is 50.6 Å². The van der Waals surface area contributed by atoms with Crippen LogP contribution in [-0.4, -0.2) is 69.9 Å². The number of carbonyl (C=O) groups is 1. The van der Waals surface area contributed by atoms with Crippen molar-refractivity contribution in [3.63, 3.8) is 0 Å². The van der Waals surface area contributed by atoms with Crippen LogP contribution in [0.25, 0.3) is 0 Å². The molecule has 7 nitrogen and oxygen atoms in total. The first-order chi connectivity index (χ1) is 15.1. The maximum Gasteiger partial charge on any atom is 0.338 e. The molecule has 3 rings (SSSR count). The monoisotopic (exact) mass is 464 g/mol. The molecule has 176 valence electrons. The summed E-state index contributed by atoms with van der Waals surface area (Å²) in [7, 11) is 4.91. The van der Waals surface area contributed by atoms with Gasteiger partial charge in [-0.25, -0.2) is 4.79 Å². The number of methoxy groups -OCH3 is 3. The molecule has 32 heavy (non-hydrogen) atoms. The molecule has 1 saturated heterocycles. The Bertz CT molecular complexity index is 867. The van der Waals surface area contributed by atoms with E-state index in [1.165, 1.54) is 5.56 Å². The van der Waals surface area contributed by atoms with Gasteiger partial charge in [-0.15, -0.1) is 12.4 Å². The third kappa shape index (κ3) is 6.28. The fourth-order valence-electron chi connectivity index (χ4n) is 3.85. The predicted molar refractivity (Wildman–Crippen MR) is 126 cm³/mol. The largest absolute Gasteiger partial charge is 0.493 e. The van der Waals surface area contributed by atoms with Gasteiger partial charge in [0.15, 0.2) is 11.5 Å². The molecule has 1 heterocycles. The van der Waals surface area contributed by atoms with Crippen LogP contribution >= 0.6 is 12.4 Å². The van der Waals surface area contributed by atoms with Gasteiger partial charge in [0.05, 0.1) is 33.5 Å². The minimum atomic E-state index is -0.270. The topological polar surface area (TPSA) is 60.5 Å². The maximum atomic E-state index is 11.8. The summed E-state index contributed by atoms with van der Waals surface area (Å²) in [4.78, 5) is 16.6. The maximum absolute atomic E-state index is 11.8. The van der Waals surface area contributed by atoms with Gasteiger partial charge in [-0.05, 0) is 30.7 Å². The quantitative estimate of drug-likeness (QED) is 0.525. The molecule has 0 N–H and O–H groups in total. The summed E-state index contributed by atoms with van der Waals surface area (Å²) in [5.41, 5.74) is 2.88. The molecule has 0 radical (unpaired) electrons. The van der Waals surface area contributed by atoms with Crippen molar-refractivity contribution in [1.82, 2.24) is 9.80 Å². The first kappa shape index (κ1) is 25.8. The zero-order valence-electron chi connectivity index (χ0n) is 19.3. The van der Waals surface area contributed by atoms with Crippen LogP contribution in [0.1, 0.15) is 28.4 Å². The van der Waals surface area contributed by atoms with Crippen molar-refractivity contribution in [2.24, 2.45) is 0 Å². The zero-order valence-corrected chi connectivity index (χ0v) is 20.1. The highest BCUT2D eigenvalue weighted by Crippen LogP contribution is 2.40. The van der Waals surface area contributed by atoms with Crippen LogP contribution in [0.15, 0.2) is 36.4 Å². The first-order valence-corrected chi connectivity index (χ1v) is 10.6. The van der Waals surface area contributed by atoms with E-state index in [2.05, 4.69) is 9.80 Å². The van der Waals surface area contributed by atoms with Crippen molar-refractivity contribution < 1.29 is 23.7 Å². The van der Waals surface area contributed by atoms with Crippen LogP contribution in [0, 0.1) is 0 Å². The third-order valence-corrected chi connectivity index (χ3v) is 5.52. The van der Waals surface area contributed by atoms with E-state index in [-0.39, 0.29) is 18.4 Å². The van der Waals surface area contributed by atoms with Gasteiger partial charge in [0.1, 0.15) is 0 Å². The number of nitrogens with zero attached hydrogens (tertiary/aromatic N) is 2. The first-order valence-electron chi connectivity index (χ1n) is 10.6. The number of rotatable bonds is 9. The lowest BCUT2D eigenvalue weighted by Gasteiger charge is -2.35. The van der Waals surface area contributed by atoms with E-state index in [0.29, 0.717) is 23.7 Å². The van der Waals surface area contributed by atoms with Crippen molar-refractivity contribution in [3.8, 4) is 17.2 Å². The molecular weight excluding hydrogens is 432 g/mol. The molecule has 0 aromatic heterocycles. The van der Waals surface area contributed by atoms with Gasteiger partial charge in [0.2, 0.25) is 5.75 Å². The lowest BCUT2D eigenvalue weighted by molar-refractivity contribution is 0.0526. The molecule has 1 aliphatic rings. The number of piperazine rings is 1. The smallest absolute Gasteiger partial charge is 0.338 e. The number of ether oxygens (including phenoxy) is 4. The van der Waals surface area contributed by atoms with E-state index in [9.17, 15) is 4.79 Å². The number of hydrogen-bond acceptors (Lipinski definition) is 7. The average Bonchev–Trinajstić information content (AvgIpc) is 2.80. The van der Waals surface area contributed by atoms with E-state index in [1.54, 1.807) is 21.3 Å². The summed E-state index contributed by atoms with van der Waals surface area (Å²) in [6.07, 6.45) is 0. The van der Waals surface area contributed by atoms with Gasteiger partial charge < -0.3 is 18.9 Å². The van der Waals surface area contributed by atoms with E-state index in [1.807, 2.05) is 43.3 Å². The highest BCUT2D eigenvalue weighted by Gasteiger charge is 2.21. The standard InChI is InChI=1S/C24H32N2O5.ClH/c1-5-31-24(27)19-8-6-18(7-9-19)16-25-12-14-26(15-13-25)17-20-10-11-21(28-2)23(30-4)22(20)29-3;/h6-11H,5,12-17H2,1-4H3;1H. The fraction of sp³-hybridized carbons (Fsp3) is 0.458. The summed E-state index contributed by atoms with van der Waals surface area (Å²) in [6, 6.07) is 11.7. The van der Waals surface area contributed by atoms with Gasteiger partial charge in [0.25, 0.3) is 0 Å². The Hall–Kier alpha value is -2.48. The zero-order chi connectivity index (χ0) is 22.2. The van der Waals surface area contributed by atoms with Gasteiger partial charge in [-0.3, -0.25) is 9.80 Å². The van der Waals surface area contributed by atoms with Crippen LogP contribution in [0.4, 0.5) is 0 Å². The second-order valence-corrected chi connectivity index (χ2v) is 7.46. The van der Waals surface area contributed by atoms with E-state index >= 15 is 0 Å². The molecule has 0 amide bonds. The highest BCUT2D eigenvalue weighted by atomic mass is 35.5. The third-order valence-electron chi connectivity index (χ3n) is 5.52. The van der Waals surface area contributed by atoms with Crippen molar-refractivity contribution in [2.75, 3.05) is 54.1 Å². The summed E-state index contributed by atoms with van der Waals surface area (Å²) >= 11 is 0. The minimum Gasteiger partial charge on any atom is -0.493 e. The number of hydrogen-bond donors (Lipinski definition) is 0. The van der Waals surface area contributed by atoms with Crippen LogP contribution in [0.3, 0.4) is 0 Å². The summed E-state index contributed by atoms with van der Waals surface area (Å²) in [6.45, 7) is 7.77. The fourth-order valence-corrected chi connectivity index (χ4v) is 3.85. The van der Waals surface area contributed by atoms with Crippen molar-refractivity contribution in [2.45, 2.75) is 20.0 Å². The second-order valence-electron chi connectivity index (χ2n) is 7.46. The van der Waals surface area contributed by atoms with Crippen LogP contribution < -0.4 is 14.2 Å². The number of esters is 1. The number of halogens is 1. The van der Waals surface area contributed by atoms with Gasteiger partial charge in [0, 0.05) is 44.8 Å². The molecule has 8 heteroatoms. The molecule has 0 aliphatic carbocycles. The second kappa shape index (κ2) is 12.5. The Balaban J connectivity index is 0.00000363. The highest BCUT2D eigenvalue weighted by molar-refractivity contribution is 5.89. The molecular formula is C24H33ClN2O5. The van der Waals surface area contributed by atoms with Crippen molar-refractivity contribution in [1.29, 1.82) is 0 Å². The molecule has 0 atom stereocenters. The number of benzene rings is 2. The Morgan fingerprint density at radius 1 is 0.812 bits per heavy atom. The molecule has 2 aromatic rings. The van der Waals surface area contributed by atoms with E-state index < -0.39 is 0 Å². The van der Waals surface area contributed by atoms with Crippen molar-refractivity contribution in [3.05, 3.63) is 53.1 Å². The SMILES string of the molecule is CCOC(=O)c1ccc(CN2CCN(Cc3ccc(OC)c(OC)c3OC)CC2)cc1.Cl. The molecule has 0 spiro atoms. The summed E-state index contributed by atoms with van der Waals surface area (Å²) < 4.78 is 21.5. The lowest BCUT2D eigenvalue weighted by atomic mass is 10.1. The molecule has 2 aromatic carbocycles. The van der Waals surface area contributed by atoms with Gasteiger partial charge in [-0.1, -0.05) is 18.2 Å². The Labute approximate surface area is 196 Å². The van der Waals surface area contributed by atoms with E-state index in [4.69, 9.17) is 18.9 Å². The molecule has 1 fully saturated rings. The Morgan fingerprint density at radius 3 is 1.94 bits per heavy atom. The van der Waals surface area contributed by atoms with Gasteiger partial charge >= 0.3 is 5.97 Å². The van der Waals surface area contributed by atoms with Crippen LogP contribution in [0.2, 0.25) is 0 Å². The van der Waals surface area contributed by atoms with Crippen LogP contribution in [0.5, 0.6) is 17.2 Å². The molecule has 0 unspecified atom stereocenters. The Morgan fingerprint density at radius 2 is 1.41 bits per heavy atom. The van der Waals surface area contributed by atoms with Crippen molar-refractivity contribution >= 4 is 18.4 Å². The lowest BCUT2D eigenvalue weighted by Crippen LogP contribution is -2.45. The molecule has 0 bridgehead atoms. The normalized spacial score (nSPS) is 14.4. The predicted octanol–water partition coefficient (Wildman–Crippen LogP) is 3.63. The number of carbonyl (C=O) groups excluding carboxylic acids is 1. The molecule has 1 aliphatic heterocycles. The summed E-state index contributed by atoms with van der Waals surface area (Å²) in [5, 5.41) is 0. The Kier molecular flexibility index (Phi) is 10.1. The van der Waals surface area contributed by atoms with Crippen LogP contribution in [-0.2, 0) is 17.8 Å². The minimum absolute atomic E-state index is 0.